The zero-order valence-corrected chi connectivity index (χ0v) is 8.55. The highest BCUT2D eigenvalue weighted by Gasteiger charge is 2.33. The second-order valence-electron chi connectivity index (χ2n) is 3.04. The van der Waals surface area contributed by atoms with Crippen molar-refractivity contribution >= 4 is 11.8 Å². The fourth-order valence-electron chi connectivity index (χ4n) is 1.15. The van der Waals surface area contributed by atoms with Crippen LogP contribution in [0.1, 0.15) is 19.3 Å². The van der Waals surface area contributed by atoms with Crippen LogP contribution in [0.2, 0.25) is 0 Å². The molecule has 0 aromatic carbocycles. The Hall–Kier alpha value is -0.380. The number of unbranched alkanes of at least 4 members (excludes halogenated alkanes) is 1. The van der Waals surface area contributed by atoms with E-state index >= 15 is 0 Å². The Labute approximate surface area is 86.3 Å². The first-order chi connectivity index (χ1) is 6.54. The third kappa shape index (κ3) is 3.40. The molecule has 0 aliphatic carbocycles. The van der Waals surface area contributed by atoms with Crippen molar-refractivity contribution < 1.29 is 13.2 Å². The highest BCUT2D eigenvalue weighted by Crippen LogP contribution is 2.35. The molecule has 0 atom stereocenters. The second kappa shape index (κ2) is 4.91. The van der Waals surface area contributed by atoms with Gasteiger partial charge in [0.25, 0.3) is 0 Å². The summed E-state index contributed by atoms with van der Waals surface area (Å²) in [7, 11) is 0. The van der Waals surface area contributed by atoms with Gasteiger partial charge in [0.15, 0.2) is 0 Å². The van der Waals surface area contributed by atoms with Crippen molar-refractivity contribution in [1.29, 1.82) is 0 Å². The van der Waals surface area contributed by atoms with E-state index in [-0.39, 0.29) is 0 Å². The zero-order chi connectivity index (χ0) is 10.6. The second-order valence-corrected chi connectivity index (χ2v) is 4.18. The summed E-state index contributed by atoms with van der Waals surface area (Å²) < 4.78 is 36.9. The summed E-state index contributed by atoms with van der Waals surface area (Å²) in [6.45, 7) is 3.66. The third-order valence-electron chi connectivity index (χ3n) is 1.89. The van der Waals surface area contributed by atoms with Crippen molar-refractivity contribution in [2.75, 3.05) is 5.75 Å². The minimum Gasteiger partial charge on any atom is -0.166 e. The summed E-state index contributed by atoms with van der Waals surface area (Å²) in [6.07, 6.45) is 0.618. The van der Waals surface area contributed by atoms with Crippen LogP contribution in [0.15, 0.2) is 22.6 Å². The minimum atomic E-state index is -4.20. The summed E-state index contributed by atoms with van der Waals surface area (Å²) in [5.74, 6) is 0.428. The molecule has 1 radical (unpaired) electrons. The molecule has 0 spiro atoms. The van der Waals surface area contributed by atoms with E-state index in [1.54, 1.807) is 0 Å². The number of hydrogen-bond acceptors (Lipinski definition) is 1. The van der Waals surface area contributed by atoms with E-state index in [9.17, 15) is 13.2 Å². The van der Waals surface area contributed by atoms with Crippen LogP contribution < -0.4 is 0 Å². The molecule has 0 bridgehead atoms. The molecule has 4 heteroatoms. The van der Waals surface area contributed by atoms with Gasteiger partial charge < -0.3 is 0 Å². The highest BCUT2D eigenvalue weighted by atomic mass is 32.2. The molecule has 0 unspecified atom stereocenters. The first kappa shape index (κ1) is 11.7. The highest BCUT2D eigenvalue weighted by molar-refractivity contribution is 8.03. The average molecular weight is 221 g/mol. The van der Waals surface area contributed by atoms with Crippen LogP contribution in [-0.2, 0) is 0 Å². The number of thioether (sulfide) groups is 1. The monoisotopic (exact) mass is 221 g/mol. The van der Waals surface area contributed by atoms with Gasteiger partial charge in [0.2, 0.25) is 0 Å². The quantitative estimate of drug-likeness (QED) is 0.691. The Kier molecular flexibility index (Phi) is 4.11. The van der Waals surface area contributed by atoms with E-state index in [1.807, 2.05) is 0 Å². The predicted molar refractivity (Wildman–Crippen MR) is 53.9 cm³/mol. The standard InChI is InChI=1S/C10H12F3S/c1-2-3-4-9-7-8(5-6-14-9)10(11,12)13/h5,7H,1-4,6H2. The predicted octanol–water partition coefficient (Wildman–Crippen LogP) is 4.11. The Morgan fingerprint density at radius 1 is 1.43 bits per heavy atom. The van der Waals surface area contributed by atoms with Crippen LogP contribution >= 0.6 is 11.8 Å². The first-order valence-corrected chi connectivity index (χ1v) is 5.42. The van der Waals surface area contributed by atoms with Gasteiger partial charge in [-0.3, -0.25) is 0 Å². The van der Waals surface area contributed by atoms with Gasteiger partial charge in [-0.15, -0.1) is 11.8 Å². The lowest BCUT2D eigenvalue weighted by atomic mass is 10.1. The Balaban J connectivity index is 2.63. The van der Waals surface area contributed by atoms with Crippen LogP contribution in [0.3, 0.4) is 0 Å². The third-order valence-corrected chi connectivity index (χ3v) is 2.92. The number of alkyl halides is 3. The first-order valence-electron chi connectivity index (χ1n) is 4.44. The smallest absolute Gasteiger partial charge is 0.166 e. The SMILES string of the molecule is [CH2]CCCC1=CC(C(F)(F)F)=CCS1. The number of hydrogen-bond donors (Lipinski definition) is 0. The van der Waals surface area contributed by atoms with Crippen LogP contribution in [-0.4, -0.2) is 11.9 Å². The lowest BCUT2D eigenvalue weighted by molar-refractivity contribution is -0.0883. The lowest BCUT2D eigenvalue weighted by Gasteiger charge is -2.15. The topological polar surface area (TPSA) is 0 Å². The van der Waals surface area contributed by atoms with Crippen molar-refractivity contribution in [2.45, 2.75) is 25.4 Å². The molecule has 0 N–H and O–H groups in total. The van der Waals surface area contributed by atoms with Gasteiger partial charge in [0.05, 0.1) is 5.57 Å². The summed E-state index contributed by atoms with van der Waals surface area (Å²) in [6, 6.07) is 0. The van der Waals surface area contributed by atoms with Gasteiger partial charge in [-0.05, 0) is 23.8 Å². The fraction of sp³-hybridized carbons (Fsp3) is 0.500. The normalized spacial score (nSPS) is 17.7. The maximum Gasteiger partial charge on any atom is 0.416 e. The van der Waals surface area contributed by atoms with Crippen molar-refractivity contribution in [3.05, 3.63) is 29.6 Å². The molecule has 1 rings (SSSR count). The average Bonchev–Trinajstić information content (AvgIpc) is 2.14. The van der Waals surface area contributed by atoms with E-state index < -0.39 is 11.7 Å². The molecular formula is C10H12F3S. The molecule has 14 heavy (non-hydrogen) atoms. The van der Waals surface area contributed by atoms with Crippen molar-refractivity contribution in [2.24, 2.45) is 0 Å². The number of halogens is 3. The van der Waals surface area contributed by atoms with Crippen LogP contribution in [0.5, 0.6) is 0 Å². The molecule has 0 saturated carbocycles. The zero-order valence-electron chi connectivity index (χ0n) is 7.73. The Bertz CT molecular complexity index is 251. The van der Waals surface area contributed by atoms with E-state index in [4.69, 9.17) is 0 Å². The minimum absolute atomic E-state index is 0.428. The lowest BCUT2D eigenvalue weighted by Crippen LogP contribution is -2.12. The molecule has 0 nitrogen and oxygen atoms in total. The van der Waals surface area contributed by atoms with Gasteiger partial charge >= 0.3 is 6.18 Å². The Morgan fingerprint density at radius 2 is 2.14 bits per heavy atom. The largest absolute Gasteiger partial charge is 0.416 e. The summed E-state index contributed by atoms with van der Waals surface area (Å²) >= 11 is 1.48. The van der Waals surface area contributed by atoms with Crippen LogP contribution in [0, 0.1) is 6.92 Å². The molecule has 0 aromatic rings. The van der Waals surface area contributed by atoms with Gasteiger partial charge in [0.1, 0.15) is 0 Å². The van der Waals surface area contributed by atoms with Gasteiger partial charge in [-0.2, -0.15) is 13.2 Å². The van der Waals surface area contributed by atoms with Gasteiger partial charge in [-0.25, -0.2) is 0 Å². The molecule has 1 heterocycles. The summed E-state index contributed by atoms with van der Waals surface area (Å²) in [5.41, 5.74) is -0.504. The molecule has 0 amide bonds. The van der Waals surface area contributed by atoms with Crippen molar-refractivity contribution in [3.63, 3.8) is 0 Å². The number of rotatable bonds is 3. The van der Waals surface area contributed by atoms with Crippen LogP contribution in [0.4, 0.5) is 13.2 Å². The molecule has 0 saturated heterocycles. The molecule has 0 aromatic heterocycles. The van der Waals surface area contributed by atoms with E-state index in [1.165, 1.54) is 23.9 Å². The molecule has 1 aliphatic heterocycles. The molecular weight excluding hydrogens is 209 g/mol. The van der Waals surface area contributed by atoms with E-state index in [0.29, 0.717) is 12.2 Å². The van der Waals surface area contributed by atoms with Gasteiger partial charge in [0, 0.05) is 5.75 Å². The Morgan fingerprint density at radius 3 is 2.71 bits per heavy atom. The van der Waals surface area contributed by atoms with Crippen LogP contribution in [0.25, 0.3) is 0 Å². The summed E-state index contributed by atoms with van der Waals surface area (Å²) in [4.78, 5) is 0.823. The van der Waals surface area contributed by atoms with E-state index in [2.05, 4.69) is 6.92 Å². The summed E-state index contributed by atoms with van der Waals surface area (Å²) in [5, 5.41) is 0. The van der Waals surface area contributed by atoms with E-state index in [0.717, 1.165) is 17.7 Å². The molecule has 0 fully saturated rings. The molecule has 1 aliphatic rings. The number of allylic oxidation sites excluding steroid dienone is 3. The van der Waals surface area contributed by atoms with Gasteiger partial charge in [-0.1, -0.05) is 19.4 Å². The fourth-order valence-corrected chi connectivity index (χ4v) is 2.13. The maximum absolute atomic E-state index is 12.3. The maximum atomic E-state index is 12.3. The van der Waals surface area contributed by atoms with Crippen molar-refractivity contribution in [1.82, 2.24) is 0 Å². The van der Waals surface area contributed by atoms with Crippen molar-refractivity contribution in [3.8, 4) is 0 Å². The molecule has 79 valence electrons.